The van der Waals surface area contributed by atoms with Crippen molar-refractivity contribution >= 4 is 0 Å². The summed E-state index contributed by atoms with van der Waals surface area (Å²) < 4.78 is 0. The van der Waals surface area contributed by atoms with Crippen molar-refractivity contribution in [3.05, 3.63) is 0 Å². The summed E-state index contributed by atoms with van der Waals surface area (Å²) in [4.78, 5) is 0. The molecule has 0 aromatic carbocycles. The molecule has 16 heavy (non-hydrogen) atoms. The van der Waals surface area contributed by atoms with E-state index >= 15 is 0 Å². The standard InChI is InChI=1S/C16H34/c1-7-11-12-16(13(5)8-2)14(6)15(9-3)10-4/h13-16H,7-12H2,1-6H3. The first-order valence-electron chi connectivity index (χ1n) is 7.62. The van der Waals surface area contributed by atoms with Gasteiger partial charge in [0.25, 0.3) is 0 Å². The van der Waals surface area contributed by atoms with Gasteiger partial charge in [0.05, 0.1) is 0 Å². The summed E-state index contributed by atoms with van der Waals surface area (Å²) in [6, 6.07) is 0. The number of hydrogen-bond acceptors (Lipinski definition) is 0. The highest BCUT2D eigenvalue weighted by Crippen LogP contribution is 2.35. The predicted molar refractivity (Wildman–Crippen MR) is 75.7 cm³/mol. The Hall–Kier alpha value is 0. The van der Waals surface area contributed by atoms with Crippen molar-refractivity contribution in [1.29, 1.82) is 0 Å². The average molecular weight is 226 g/mol. The SMILES string of the molecule is CCCCC(C(C)CC)C(C)C(CC)CC. The van der Waals surface area contributed by atoms with Crippen LogP contribution in [0.3, 0.4) is 0 Å². The number of rotatable bonds is 9. The van der Waals surface area contributed by atoms with Crippen LogP contribution in [0.4, 0.5) is 0 Å². The van der Waals surface area contributed by atoms with Crippen LogP contribution in [0, 0.1) is 23.7 Å². The molecule has 0 heteroatoms. The van der Waals surface area contributed by atoms with Gasteiger partial charge in [-0.25, -0.2) is 0 Å². The molecule has 0 aliphatic heterocycles. The molecule has 0 heterocycles. The molecule has 0 radical (unpaired) electrons. The van der Waals surface area contributed by atoms with Crippen LogP contribution in [0.1, 0.15) is 80.1 Å². The van der Waals surface area contributed by atoms with Crippen molar-refractivity contribution in [2.45, 2.75) is 80.1 Å². The Balaban J connectivity index is 4.46. The van der Waals surface area contributed by atoms with Crippen LogP contribution in [0.5, 0.6) is 0 Å². The summed E-state index contributed by atoms with van der Waals surface area (Å²) in [5.41, 5.74) is 0. The van der Waals surface area contributed by atoms with Gasteiger partial charge in [-0.3, -0.25) is 0 Å². The second-order valence-corrected chi connectivity index (χ2v) is 5.63. The molecule has 3 unspecified atom stereocenters. The Bertz CT molecular complexity index is 146. The maximum absolute atomic E-state index is 2.50. The second kappa shape index (κ2) is 9.07. The molecule has 0 saturated carbocycles. The maximum Gasteiger partial charge on any atom is -0.0360 e. The first-order valence-corrected chi connectivity index (χ1v) is 7.62. The molecule has 0 amide bonds. The molecule has 0 bridgehead atoms. The summed E-state index contributed by atoms with van der Waals surface area (Å²) in [5.74, 6) is 3.71. The van der Waals surface area contributed by atoms with Gasteiger partial charge in [0.1, 0.15) is 0 Å². The van der Waals surface area contributed by atoms with Gasteiger partial charge >= 0.3 is 0 Å². The lowest BCUT2D eigenvalue weighted by molar-refractivity contribution is 0.160. The molecular formula is C16H34. The third kappa shape index (κ3) is 4.89. The van der Waals surface area contributed by atoms with E-state index in [0.29, 0.717) is 0 Å². The predicted octanol–water partition coefficient (Wildman–Crippen LogP) is 5.91. The summed E-state index contributed by atoms with van der Waals surface area (Å²) in [6.07, 6.45) is 8.28. The molecule has 0 aliphatic rings. The Morgan fingerprint density at radius 3 is 1.75 bits per heavy atom. The lowest BCUT2D eigenvalue weighted by Crippen LogP contribution is -2.25. The van der Waals surface area contributed by atoms with Gasteiger partial charge < -0.3 is 0 Å². The van der Waals surface area contributed by atoms with Gasteiger partial charge in [-0.1, -0.05) is 73.6 Å². The van der Waals surface area contributed by atoms with Crippen LogP contribution in [-0.4, -0.2) is 0 Å². The Labute approximate surface area is 104 Å². The molecule has 0 aromatic rings. The van der Waals surface area contributed by atoms with Crippen LogP contribution in [0.25, 0.3) is 0 Å². The quantitative estimate of drug-likeness (QED) is 0.458. The van der Waals surface area contributed by atoms with Gasteiger partial charge in [-0.2, -0.15) is 0 Å². The van der Waals surface area contributed by atoms with Gasteiger partial charge in [0, 0.05) is 0 Å². The van der Waals surface area contributed by atoms with Gasteiger partial charge in [0.15, 0.2) is 0 Å². The van der Waals surface area contributed by atoms with Crippen molar-refractivity contribution in [2.24, 2.45) is 23.7 Å². The molecule has 0 saturated heterocycles. The highest BCUT2D eigenvalue weighted by Gasteiger charge is 2.26. The minimum Gasteiger partial charge on any atom is -0.0654 e. The fraction of sp³-hybridized carbons (Fsp3) is 1.00. The highest BCUT2D eigenvalue weighted by atomic mass is 14.3. The van der Waals surface area contributed by atoms with E-state index in [1.165, 1.54) is 38.5 Å². The molecule has 98 valence electrons. The smallest absolute Gasteiger partial charge is 0.0360 e. The summed E-state index contributed by atoms with van der Waals surface area (Å²) >= 11 is 0. The van der Waals surface area contributed by atoms with Gasteiger partial charge in [-0.15, -0.1) is 0 Å². The zero-order valence-electron chi connectivity index (χ0n) is 12.6. The van der Waals surface area contributed by atoms with Crippen molar-refractivity contribution in [3.8, 4) is 0 Å². The first kappa shape index (κ1) is 16.0. The lowest BCUT2D eigenvalue weighted by atomic mass is 9.72. The van der Waals surface area contributed by atoms with Crippen molar-refractivity contribution in [2.75, 3.05) is 0 Å². The normalized spacial score (nSPS) is 17.4. The van der Waals surface area contributed by atoms with Gasteiger partial charge in [-0.05, 0) is 30.1 Å². The topological polar surface area (TPSA) is 0 Å². The Kier molecular flexibility index (Phi) is 9.07. The minimum absolute atomic E-state index is 0.905. The van der Waals surface area contributed by atoms with E-state index in [-0.39, 0.29) is 0 Å². The molecule has 0 nitrogen and oxygen atoms in total. The summed E-state index contributed by atoms with van der Waals surface area (Å²) in [7, 11) is 0. The van der Waals surface area contributed by atoms with Crippen molar-refractivity contribution in [3.63, 3.8) is 0 Å². The highest BCUT2D eigenvalue weighted by molar-refractivity contribution is 4.76. The van der Waals surface area contributed by atoms with E-state index in [9.17, 15) is 0 Å². The summed E-state index contributed by atoms with van der Waals surface area (Å²) in [5, 5.41) is 0. The third-order valence-electron chi connectivity index (χ3n) is 4.73. The molecule has 0 fully saturated rings. The van der Waals surface area contributed by atoms with Crippen LogP contribution in [0.15, 0.2) is 0 Å². The average Bonchev–Trinajstić information content (AvgIpc) is 2.30. The van der Waals surface area contributed by atoms with Crippen LogP contribution in [-0.2, 0) is 0 Å². The second-order valence-electron chi connectivity index (χ2n) is 5.63. The third-order valence-corrected chi connectivity index (χ3v) is 4.73. The largest absolute Gasteiger partial charge is 0.0654 e. The van der Waals surface area contributed by atoms with E-state index in [2.05, 4.69) is 41.5 Å². The number of hydrogen-bond donors (Lipinski definition) is 0. The molecule has 0 aliphatic carbocycles. The van der Waals surface area contributed by atoms with Crippen LogP contribution >= 0.6 is 0 Å². The fourth-order valence-electron chi connectivity index (χ4n) is 3.19. The fourth-order valence-corrected chi connectivity index (χ4v) is 3.19. The summed E-state index contributed by atoms with van der Waals surface area (Å²) in [6.45, 7) is 14.3. The Morgan fingerprint density at radius 2 is 1.38 bits per heavy atom. The molecule has 0 rings (SSSR count). The first-order chi connectivity index (χ1) is 7.62. The van der Waals surface area contributed by atoms with Crippen molar-refractivity contribution < 1.29 is 0 Å². The lowest BCUT2D eigenvalue weighted by Gasteiger charge is -2.34. The number of unbranched alkanes of at least 4 members (excludes halogenated alkanes) is 1. The van der Waals surface area contributed by atoms with Crippen LogP contribution in [0.2, 0.25) is 0 Å². The van der Waals surface area contributed by atoms with E-state index in [0.717, 1.165) is 23.7 Å². The monoisotopic (exact) mass is 226 g/mol. The van der Waals surface area contributed by atoms with E-state index in [1.807, 2.05) is 0 Å². The van der Waals surface area contributed by atoms with Crippen molar-refractivity contribution in [1.82, 2.24) is 0 Å². The maximum atomic E-state index is 2.50. The van der Waals surface area contributed by atoms with E-state index < -0.39 is 0 Å². The molecule has 0 spiro atoms. The zero-order valence-corrected chi connectivity index (χ0v) is 12.6. The van der Waals surface area contributed by atoms with E-state index in [1.54, 1.807) is 0 Å². The van der Waals surface area contributed by atoms with E-state index in [4.69, 9.17) is 0 Å². The Morgan fingerprint density at radius 1 is 0.812 bits per heavy atom. The molecule has 0 aromatic heterocycles. The van der Waals surface area contributed by atoms with Gasteiger partial charge in [0.2, 0.25) is 0 Å². The zero-order chi connectivity index (χ0) is 12.6. The molecule has 0 N–H and O–H groups in total. The minimum atomic E-state index is 0.905. The molecule has 3 atom stereocenters. The van der Waals surface area contributed by atoms with Crippen LogP contribution < -0.4 is 0 Å². The molecular weight excluding hydrogens is 192 g/mol.